The highest BCUT2D eigenvalue weighted by Gasteiger charge is 2.24. The third kappa shape index (κ3) is 5.44. The molecule has 1 aliphatic rings. The molecule has 1 aliphatic heterocycles. The molecule has 0 radical (unpaired) electrons. The average Bonchev–Trinajstić information content (AvgIpc) is 3.13. The highest BCUT2D eigenvalue weighted by Crippen LogP contribution is 2.36. The number of ether oxygens (including phenoxy) is 1. The molecule has 2 heterocycles. The van der Waals surface area contributed by atoms with Gasteiger partial charge in [0, 0.05) is 37.1 Å². The van der Waals surface area contributed by atoms with Crippen molar-refractivity contribution in [1.82, 2.24) is 9.80 Å². The fraction of sp³-hybridized carbons (Fsp3) is 0.455. The maximum atomic E-state index is 12.6. The van der Waals surface area contributed by atoms with Crippen molar-refractivity contribution in [1.29, 1.82) is 0 Å². The minimum atomic E-state index is -0.440. The van der Waals surface area contributed by atoms with Crippen LogP contribution in [0.5, 0.6) is 0 Å². The lowest BCUT2D eigenvalue weighted by Crippen LogP contribution is -2.48. The van der Waals surface area contributed by atoms with Gasteiger partial charge in [0.2, 0.25) is 5.91 Å². The third-order valence-electron chi connectivity index (χ3n) is 5.17. The van der Waals surface area contributed by atoms with Crippen LogP contribution in [-0.4, -0.2) is 68.1 Å². The molecule has 0 atom stereocenters. The molecule has 156 valence electrons. The van der Waals surface area contributed by atoms with Crippen LogP contribution in [0.25, 0.3) is 11.1 Å². The van der Waals surface area contributed by atoms with Crippen LogP contribution in [0.1, 0.15) is 29.3 Å². The Balaban J connectivity index is 1.69. The van der Waals surface area contributed by atoms with Gasteiger partial charge in [-0.05, 0) is 25.5 Å². The number of nitrogens with one attached hydrogen (secondary N) is 1. The number of nitrogens with zero attached hydrogens (tertiary/aromatic N) is 2. The Kier molecular flexibility index (Phi) is 7.41. The van der Waals surface area contributed by atoms with E-state index >= 15 is 0 Å². The molecule has 7 heteroatoms. The zero-order valence-corrected chi connectivity index (χ0v) is 18.2. The number of hydrogen-bond acceptors (Lipinski definition) is 6. The normalized spacial score (nSPS) is 15.3. The van der Waals surface area contributed by atoms with Crippen molar-refractivity contribution in [3.8, 4) is 11.1 Å². The van der Waals surface area contributed by atoms with Gasteiger partial charge in [0.05, 0.1) is 13.7 Å². The van der Waals surface area contributed by atoms with Crippen molar-refractivity contribution in [3.63, 3.8) is 0 Å². The van der Waals surface area contributed by atoms with Crippen LogP contribution in [-0.2, 0) is 9.53 Å². The van der Waals surface area contributed by atoms with Crippen molar-refractivity contribution < 1.29 is 14.3 Å². The van der Waals surface area contributed by atoms with Gasteiger partial charge in [-0.15, -0.1) is 11.3 Å². The number of esters is 1. The van der Waals surface area contributed by atoms with E-state index in [4.69, 9.17) is 4.74 Å². The molecule has 0 aliphatic carbocycles. The van der Waals surface area contributed by atoms with E-state index in [1.54, 1.807) is 0 Å². The molecule has 6 nitrogen and oxygen atoms in total. The van der Waals surface area contributed by atoms with Crippen LogP contribution < -0.4 is 5.32 Å². The number of hydrogen-bond donors (Lipinski definition) is 1. The van der Waals surface area contributed by atoms with Gasteiger partial charge in [-0.3, -0.25) is 9.69 Å². The lowest BCUT2D eigenvalue weighted by Gasteiger charge is -2.34. The molecule has 2 aromatic rings. The SMILES string of the molecule is CCCN1CCN(CC(=O)Nc2scc(-c3ccc(C)cc3)c2C(=O)OC)CC1. The van der Waals surface area contributed by atoms with Gasteiger partial charge in [-0.25, -0.2) is 4.79 Å². The summed E-state index contributed by atoms with van der Waals surface area (Å²) >= 11 is 1.36. The van der Waals surface area contributed by atoms with Crippen LogP contribution in [0.15, 0.2) is 29.6 Å². The van der Waals surface area contributed by atoms with Crippen LogP contribution in [0, 0.1) is 6.92 Å². The van der Waals surface area contributed by atoms with Gasteiger partial charge in [-0.2, -0.15) is 0 Å². The van der Waals surface area contributed by atoms with Crippen molar-refractivity contribution in [2.75, 3.05) is 51.7 Å². The molecule has 1 aromatic carbocycles. The lowest BCUT2D eigenvalue weighted by atomic mass is 10.0. The first kappa shape index (κ1) is 21.5. The van der Waals surface area contributed by atoms with Gasteiger partial charge in [0.1, 0.15) is 10.6 Å². The fourth-order valence-corrected chi connectivity index (χ4v) is 4.53. The molecule has 0 saturated carbocycles. The number of carbonyl (C=O) groups is 2. The number of piperazine rings is 1. The molecule has 1 amide bonds. The van der Waals surface area contributed by atoms with Gasteiger partial charge in [0.25, 0.3) is 0 Å². The number of aryl methyl sites for hydroxylation is 1. The van der Waals surface area contributed by atoms with E-state index in [2.05, 4.69) is 22.0 Å². The van der Waals surface area contributed by atoms with Gasteiger partial charge in [-0.1, -0.05) is 36.8 Å². The number of anilines is 1. The summed E-state index contributed by atoms with van der Waals surface area (Å²) in [5.74, 6) is -0.540. The van der Waals surface area contributed by atoms with Crippen LogP contribution in [0.3, 0.4) is 0 Å². The number of benzene rings is 1. The zero-order valence-electron chi connectivity index (χ0n) is 17.4. The van der Waals surface area contributed by atoms with Gasteiger partial charge in [0.15, 0.2) is 0 Å². The predicted octanol–water partition coefficient (Wildman–Crippen LogP) is 3.48. The number of methoxy groups -OCH3 is 1. The van der Waals surface area contributed by atoms with E-state index in [1.807, 2.05) is 36.6 Å². The topological polar surface area (TPSA) is 61.9 Å². The molecular formula is C22H29N3O3S. The lowest BCUT2D eigenvalue weighted by molar-refractivity contribution is -0.117. The summed E-state index contributed by atoms with van der Waals surface area (Å²) in [5, 5.41) is 5.38. The van der Waals surface area contributed by atoms with E-state index in [0.29, 0.717) is 17.1 Å². The summed E-state index contributed by atoms with van der Waals surface area (Å²) in [4.78, 5) is 29.7. The molecule has 0 unspecified atom stereocenters. The third-order valence-corrected chi connectivity index (χ3v) is 6.06. The molecule has 1 N–H and O–H groups in total. The minimum absolute atomic E-state index is 0.101. The van der Waals surface area contributed by atoms with E-state index in [1.165, 1.54) is 18.4 Å². The quantitative estimate of drug-likeness (QED) is 0.702. The Morgan fingerprint density at radius 1 is 1.10 bits per heavy atom. The van der Waals surface area contributed by atoms with Crippen LogP contribution >= 0.6 is 11.3 Å². The first-order chi connectivity index (χ1) is 14.0. The monoisotopic (exact) mass is 415 g/mol. The Hall–Kier alpha value is -2.22. The standard InChI is InChI=1S/C22H29N3O3S/c1-4-9-24-10-12-25(13-11-24)14-19(26)23-21-20(22(27)28-3)18(15-29-21)17-7-5-16(2)6-8-17/h5-8,15H,4,9-14H2,1-3H3,(H,23,26). The smallest absolute Gasteiger partial charge is 0.341 e. The first-order valence-corrected chi connectivity index (χ1v) is 10.9. The van der Waals surface area contributed by atoms with E-state index in [9.17, 15) is 9.59 Å². The number of thiophene rings is 1. The van der Waals surface area contributed by atoms with Crippen molar-refractivity contribution in [2.45, 2.75) is 20.3 Å². The molecule has 0 bridgehead atoms. The second-order valence-electron chi connectivity index (χ2n) is 7.38. The highest BCUT2D eigenvalue weighted by molar-refractivity contribution is 7.15. The zero-order chi connectivity index (χ0) is 20.8. The number of carbonyl (C=O) groups excluding carboxylic acids is 2. The summed E-state index contributed by atoms with van der Waals surface area (Å²) < 4.78 is 4.99. The molecule has 1 saturated heterocycles. The second-order valence-corrected chi connectivity index (χ2v) is 8.26. The van der Waals surface area contributed by atoms with Gasteiger partial charge < -0.3 is 15.0 Å². The van der Waals surface area contributed by atoms with E-state index in [-0.39, 0.29) is 5.91 Å². The van der Waals surface area contributed by atoms with Gasteiger partial charge >= 0.3 is 5.97 Å². The maximum absolute atomic E-state index is 12.6. The molecule has 0 spiro atoms. The maximum Gasteiger partial charge on any atom is 0.341 e. The van der Waals surface area contributed by atoms with Crippen LogP contribution in [0.4, 0.5) is 5.00 Å². The van der Waals surface area contributed by atoms with E-state index in [0.717, 1.165) is 55.8 Å². The summed E-state index contributed by atoms with van der Waals surface area (Å²) in [6.07, 6.45) is 1.15. The number of rotatable bonds is 7. The minimum Gasteiger partial charge on any atom is -0.465 e. The van der Waals surface area contributed by atoms with Crippen molar-refractivity contribution >= 4 is 28.2 Å². The summed E-state index contributed by atoms with van der Waals surface area (Å²) in [6.45, 7) is 9.40. The summed E-state index contributed by atoms with van der Waals surface area (Å²) in [5.41, 5.74) is 3.28. The van der Waals surface area contributed by atoms with Crippen molar-refractivity contribution in [2.24, 2.45) is 0 Å². The summed E-state index contributed by atoms with van der Waals surface area (Å²) in [6, 6.07) is 7.96. The molecule has 29 heavy (non-hydrogen) atoms. The predicted molar refractivity (Wildman–Crippen MR) is 118 cm³/mol. The van der Waals surface area contributed by atoms with Crippen molar-refractivity contribution in [3.05, 3.63) is 40.8 Å². The second kappa shape index (κ2) is 10.0. The largest absolute Gasteiger partial charge is 0.465 e. The summed E-state index contributed by atoms with van der Waals surface area (Å²) in [7, 11) is 1.36. The Bertz CT molecular complexity index is 839. The first-order valence-electron chi connectivity index (χ1n) is 10.0. The Morgan fingerprint density at radius 2 is 1.76 bits per heavy atom. The van der Waals surface area contributed by atoms with E-state index < -0.39 is 5.97 Å². The molecule has 3 rings (SSSR count). The molecule has 1 fully saturated rings. The Labute approximate surface area is 176 Å². The fourth-order valence-electron chi connectivity index (χ4n) is 3.56. The molecular weight excluding hydrogens is 386 g/mol. The van der Waals surface area contributed by atoms with Crippen LogP contribution in [0.2, 0.25) is 0 Å². The average molecular weight is 416 g/mol. The number of amides is 1. The molecule has 1 aromatic heterocycles. The highest BCUT2D eigenvalue weighted by atomic mass is 32.1. The Morgan fingerprint density at radius 3 is 2.38 bits per heavy atom.